The van der Waals surface area contributed by atoms with Gasteiger partial charge in [-0.05, 0) is 44.9 Å². The number of hydrogen-bond acceptors (Lipinski definition) is 5. The van der Waals surface area contributed by atoms with E-state index in [1.54, 1.807) is 0 Å². The molecule has 6 nitrogen and oxygen atoms in total. The second-order valence-electron chi connectivity index (χ2n) is 6.40. The van der Waals surface area contributed by atoms with Crippen LogP contribution < -0.4 is 10.1 Å². The molecule has 1 unspecified atom stereocenters. The number of allylic oxidation sites excluding steroid dienone is 2. The second-order valence-corrected chi connectivity index (χ2v) is 6.40. The zero-order chi connectivity index (χ0) is 16.8. The van der Waals surface area contributed by atoms with E-state index in [1.165, 1.54) is 12.4 Å². The Morgan fingerprint density at radius 2 is 1.96 bits per heavy atom. The van der Waals surface area contributed by atoms with Gasteiger partial charge in [0.05, 0.1) is 0 Å². The highest BCUT2D eigenvalue weighted by atomic mass is 16.5. The number of aromatic nitrogens is 2. The molecule has 1 saturated carbocycles. The van der Waals surface area contributed by atoms with Crippen LogP contribution in [-0.2, 0) is 4.79 Å². The number of nitrogens with zero attached hydrogens (tertiary/aromatic N) is 3. The topological polar surface area (TPSA) is 87.9 Å². The van der Waals surface area contributed by atoms with Gasteiger partial charge >= 0.3 is 0 Å². The molecule has 0 radical (unpaired) electrons. The molecule has 2 aliphatic carbocycles. The fraction of sp³-hybridized carbons (Fsp3) is 0.556. The maximum absolute atomic E-state index is 12.3. The van der Waals surface area contributed by atoms with Crippen molar-refractivity contribution in [3.05, 3.63) is 30.2 Å². The van der Waals surface area contributed by atoms with Gasteiger partial charge in [0.25, 0.3) is 5.88 Å². The van der Waals surface area contributed by atoms with Crippen LogP contribution >= 0.6 is 0 Å². The van der Waals surface area contributed by atoms with Gasteiger partial charge in [0, 0.05) is 24.4 Å². The first-order valence-corrected chi connectivity index (χ1v) is 8.59. The number of carbonyl (C=O) groups excluding carboxylic acids is 1. The molecule has 1 N–H and O–H groups in total. The van der Waals surface area contributed by atoms with Gasteiger partial charge in [-0.15, -0.1) is 0 Å². The zero-order valence-electron chi connectivity index (χ0n) is 13.6. The lowest BCUT2D eigenvalue weighted by atomic mass is 9.90. The van der Waals surface area contributed by atoms with Crippen molar-refractivity contribution in [3.63, 3.8) is 0 Å². The Kier molecular flexibility index (Phi) is 5.42. The maximum atomic E-state index is 12.3. The SMILES string of the molecule is N#Cc1nccnc1OC1CCC(NC(=O)C2CC=CCC2)CC1. The molecule has 1 amide bonds. The standard InChI is InChI=1S/C18H22N4O2/c19-12-16-18(21-11-10-20-16)24-15-8-6-14(7-9-15)22-17(23)13-4-2-1-3-5-13/h1-2,10-11,13-15H,3-9H2,(H,22,23). The lowest BCUT2D eigenvalue weighted by molar-refractivity contribution is -0.126. The highest BCUT2D eigenvalue weighted by Gasteiger charge is 2.27. The number of hydrogen-bond donors (Lipinski definition) is 1. The Labute approximate surface area is 141 Å². The van der Waals surface area contributed by atoms with Crippen molar-refractivity contribution in [2.24, 2.45) is 5.92 Å². The Bertz CT molecular complexity index is 645. The van der Waals surface area contributed by atoms with E-state index in [-0.39, 0.29) is 29.7 Å². The van der Waals surface area contributed by atoms with Crippen molar-refractivity contribution in [3.8, 4) is 11.9 Å². The summed E-state index contributed by atoms with van der Waals surface area (Å²) in [4.78, 5) is 20.3. The summed E-state index contributed by atoms with van der Waals surface area (Å²) in [6, 6.07) is 2.22. The summed E-state index contributed by atoms with van der Waals surface area (Å²) in [5, 5.41) is 12.2. The van der Waals surface area contributed by atoms with Gasteiger partial charge in [-0.1, -0.05) is 12.2 Å². The number of carbonyl (C=O) groups is 1. The summed E-state index contributed by atoms with van der Waals surface area (Å²) in [5.41, 5.74) is 0.221. The Morgan fingerprint density at radius 1 is 1.17 bits per heavy atom. The molecule has 0 bridgehead atoms. The largest absolute Gasteiger partial charge is 0.472 e. The first-order valence-electron chi connectivity index (χ1n) is 8.59. The molecular weight excluding hydrogens is 304 g/mol. The minimum atomic E-state index is 0.0274. The fourth-order valence-corrected chi connectivity index (χ4v) is 3.32. The Morgan fingerprint density at radius 3 is 2.67 bits per heavy atom. The van der Waals surface area contributed by atoms with Crippen LogP contribution in [0, 0.1) is 17.2 Å². The predicted molar refractivity (Wildman–Crippen MR) is 88.0 cm³/mol. The monoisotopic (exact) mass is 326 g/mol. The molecule has 0 spiro atoms. The van der Waals surface area contributed by atoms with Crippen LogP contribution in [-0.4, -0.2) is 28.0 Å². The molecule has 3 rings (SSSR count). The molecule has 1 heterocycles. The summed E-state index contributed by atoms with van der Waals surface area (Å²) in [6.07, 6.45) is 13.6. The molecular formula is C18H22N4O2. The Balaban J connectivity index is 1.46. The average Bonchev–Trinajstić information content (AvgIpc) is 2.64. The number of ether oxygens (including phenoxy) is 1. The molecule has 24 heavy (non-hydrogen) atoms. The molecule has 126 valence electrons. The van der Waals surface area contributed by atoms with E-state index in [2.05, 4.69) is 27.4 Å². The first kappa shape index (κ1) is 16.4. The minimum absolute atomic E-state index is 0.0274. The van der Waals surface area contributed by atoms with Crippen molar-refractivity contribution in [1.82, 2.24) is 15.3 Å². The van der Waals surface area contributed by atoms with Crippen molar-refractivity contribution < 1.29 is 9.53 Å². The highest BCUT2D eigenvalue weighted by Crippen LogP contribution is 2.25. The van der Waals surface area contributed by atoms with Gasteiger partial charge in [-0.25, -0.2) is 9.97 Å². The van der Waals surface area contributed by atoms with Gasteiger partial charge in [-0.2, -0.15) is 5.26 Å². The summed E-state index contributed by atoms with van der Waals surface area (Å²) >= 11 is 0. The third-order valence-corrected chi connectivity index (χ3v) is 4.71. The molecule has 1 aromatic heterocycles. The number of rotatable bonds is 4. The molecule has 0 aliphatic heterocycles. The lowest BCUT2D eigenvalue weighted by Gasteiger charge is -2.30. The van der Waals surface area contributed by atoms with Gasteiger partial charge in [0.1, 0.15) is 12.2 Å². The zero-order valence-corrected chi connectivity index (χ0v) is 13.6. The van der Waals surface area contributed by atoms with Gasteiger partial charge in [0.2, 0.25) is 11.6 Å². The van der Waals surface area contributed by atoms with E-state index in [0.717, 1.165) is 44.9 Å². The van der Waals surface area contributed by atoms with Crippen molar-refractivity contribution in [1.29, 1.82) is 5.26 Å². The third kappa shape index (κ3) is 4.10. The van der Waals surface area contributed by atoms with E-state index >= 15 is 0 Å². The lowest BCUT2D eigenvalue weighted by Crippen LogP contribution is -2.42. The Hall–Kier alpha value is -2.42. The van der Waals surface area contributed by atoms with Crippen molar-refractivity contribution in [2.75, 3.05) is 0 Å². The molecule has 1 fully saturated rings. The molecule has 1 atom stereocenters. The van der Waals surface area contributed by atoms with Crippen LogP contribution in [0.1, 0.15) is 50.6 Å². The van der Waals surface area contributed by atoms with Crippen LogP contribution in [0.15, 0.2) is 24.5 Å². The fourth-order valence-electron chi connectivity index (χ4n) is 3.32. The van der Waals surface area contributed by atoms with Crippen LogP contribution in [0.5, 0.6) is 5.88 Å². The van der Waals surface area contributed by atoms with Crippen LogP contribution in [0.3, 0.4) is 0 Å². The van der Waals surface area contributed by atoms with Crippen molar-refractivity contribution in [2.45, 2.75) is 57.1 Å². The van der Waals surface area contributed by atoms with Crippen molar-refractivity contribution >= 4 is 5.91 Å². The smallest absolute Gasteiger partial charge is 0.251 e. The number of nitrogens with one attached hydrogen (secondary N) is 1. The molecule has 0 aromatic carbocycles. The molecule has 1 aromatic rings. The summed E-state index contributed by atoms with van der Waals surface area (Å²) < 4.78 is 5.83. The van der Waals surface area contributed by atoms with E-state index in [4.69, 9.17) is 10.00 Å². The first-order chi connectivity index (χ1) is 11.8. The van der Waals surface area contributed by atoms with E-state index in [0.29, 0.717) is 5.88 Å². The second kappa shape index (κ2) is 7.91. The third-order valence-electron chi connectivity index (χ3n) is 4.71. The summed E-state index contributed by atoms with van der Waals surface area (Å²) in [6.45, 7) is 0. The van der Waals surface area contributed by atoms with E-state index < -0.39 is 0 Å². The van der Waals surface area contributed by atoms with Gasteiger partial charge in [0.15, 0.2) is 0 Å². The number of amides is 1. The van der Waals surface area contributed by atoms with E-state index in [1.807, 2.05) is 6.07 Å². The van der Waals surface area contributed by atoms with Gasteiger partial charge in [-0.3, -0.25) is 4.79 Å². The minimum Gasteiger partial charge on any atom is -0.472 e. The quantitative estimate of drug-likeness (QED) is 0.859. The summed E-state index contributed by atoms with van der Waals surface area (Å²) in [7, 11) is 0. The maximum Gasteiger partial charge on any atom is 0.251 e. The van der Waals surface area contributed by atoms with Crippen LogP contribution in [0.25, 0.3) is 0 Å². The average molecular weight is 326 g/mol. The highest BCUT2D eigenvalue weighted by molar-refractivity contribution is 5.79. The van der Waals surface area contributed by atoms with Crippen LogP contribution in [0.4, 0.5) is 0 Å². The van der Waals surface area contributed by atoms with Crippen LogP contribution in [0.2, 0.25) is 0 Å². The predicted octanol–water partition coefficient (Wildman–Crippen LogP) is 2.51. The van der Waals surface area contributed by atoms with E-state index in [9.17, 15) is 4.79 Å². The normalized spacial score (nSPS) is 26.4. The molecule has 0 saturated heterocycles. The summed E-state index contributed by atoms with van der Waals surface area (Å²) in [5.74, 6) is 0.618. The van der Waals surface area contributed by atoms with Gasteiger partial charge < -0.3 is 10.1 Å². The molecule has 2 aliphatic rings. The molecule has 6 heteroatoms. The number of nitriles is 1.